The number of halogens is 5. The van der Waals surface area contributed by atoms with Crippen molar-refractivity contribution in [2.45, 2.75) is 84.7 Å². The summed E-state index contributed by atoms with van der Waals surface area (Å²) in [7, 11) is -4.28. The summed E-state index contributed by atoms with van der Waals surface area (Å²) in [4.78, 5) is 29.1. The summed E-state index contributed by atoms with van der Waals surface area (Å²) in [5.74, 6) is -1.25. The zero-order valence-corrected chi connectivity index (χ0v) is 25.8. The van der Waals surface area contributed by atoms with Gasteiger partial charge in [0.15, 0.2) is 16.4 Å². The highest BCUT2D eigenvalue weighted by Gasteiger charge is 2.54. The maximum absolute atomic E-state index is 14.6. The van der Waals surface area contributed by atoms with E-state index in [2.05, 4.69) is 16.1 Å². The quantitative estimate of drug-likeness (QED) is 0.382. The van der Waals surface area contributed by atoms with Crippen molar-refractivity contribution in [2.24, 2.45) is 0 Å². The van der Waals surface area contributed by atoms with E-state index < -0.39 is 50.8 Å². The van der Waals surface area contributed by atoms with Gasteiger partial charge < -0.3 is 15.0 Å². The van der Waals surface area contributed by atoms with Crippen LogP contribution in [0.5, 0.6) is 5.75 Å². The molecule has 2 aromatic rings. The number of carbonyl (C=O) groups excluding carboxylic acids is 2. The van der Waals surface area contributed by atoms with Gasteiger partial charge in [-0.1, -0.05) is 54.6 Å². The molecule has 236 valence electrons. The van der Waals surface area contributed by atoms with Crippen LogP contribution in [0.25, 0.3) is 0 Å². The average Bonchev–Trinajstić information content (AvgIpc) is 3.60. The van der Waals surface area contributed by atoms with Crippen molar-refractivity contribution in [3.63, 3.8) is 0 Å². The fourth-order valence-electron chi connectivity index (χ4n) is 6.18. The fraction of sp³-hybridized carbons (Fsp3) is 0.500. The molecule has 1 N–H and O–H groups in total. The molecule has 0 spiro atoms. The number of nitriles is 1. The van der Waals surface area contributed by atoms with Crippen molar-refractivity contribution in [1.82, 2.24) is 10.2 Å². The van der Waals surface area contributed by atoms with Crippen molar-refractivity contribution >= 4 is 44.9 Å². The molecular formula is C30H30Cl2F3N3O5S. The molecule has 1 aliphatic heterocycles. The van der Waals surface area contributed by atoms with E-state index in [0.29, 0.717) is 30.7 Å². The lowest BCUT2D eigenvalue weighted by Gasteiger charge is -2.40. The summed E-state index contributed by atoms with van der Waals surface area (Å²) in [6.45, 7) is -1.89. The summed E-state index contributed by atoms with van der Waals surface area (Å²) < 4.78 is 70.3. The Labute approximate surface area is 263 Å². The Hall–Kier alpha value is -3.01. The molecule has 2 aliphatic carbocycles. The molecule has 44 heavy (non-hydrogen) atoms. The Morgan fingerprint density at radius 2 is 1.70 bits per heavy atom. The van der Waals surface area contributed by atoms with E-state index in [-0.39, 0.29) is 34.5 Å². The number of amides is 2. The molecule has 2 saturated carbocycles. The lowest BCUT2D eigenvalue weighted by molar-refractivity contribution is -0.153. The van der Waals surface area contributed by atoms with Gasteiger partial charge in [0, 0.05) is 17.6 Å². The van der Waals surface area contributed by atoms with Gasteiger partial charge in [0.25, 0.3) is 0 Å². The summed E-state index contributed by atoms with van der Waals surface area (Å²) in [6, 6.07) is 11.0. The van der Waals surface area contributed by atoms with Crippen LogP contribution in [0.1, 0.15) is 56.9 Å². The second-order valence-electron chi connectivity index (χ2n) is 11.7. The molecule has 1 heterocycles. The second kappa shape index (κ2) is 12.1. The predicted molar refractivity (Wildman–Crippen MR) is 156 cm³/mol. The van der Waals surface area contributed by atoms with Gasteiger partial charge in [0.2, 0.25) is 11.8 Å². The molecule has 2 aromatic carbocycles. The van der Waals surface area contributed by atoms with E-state index in [0.717, 1.165) is 43.0 Å². The van der Waals surface area contributed by atoms with Gasteiger partial charge in [-0.25, -0.2) is 8.42 Å². The Morgan fingerprint density at radius 1 is 1.05 bits per heavy atom. The highest BCUT2D eigenvalue weighted by atomic mass is 35.5. The first-order valence-electron chi connectivity index (χ1n) is 14.2. The van der Waals surface area contributed by atoms with E-state index >= 15 is 0 Å². The standard InChI is InChI=1S/C30H30Cl2F3N3O5S/c31-20-6-4-19(5-7-20)29(10-2-1-3-11-29)27(40)38-16-22(15-24(38)26(39)37-28(17-36)12-13-28)44(41,42)25-9-8-21(14-23(25)32)43-18-30(33,34)35/h4-9,14,22,24H,1-3,10-13,15-16,18H2,(H,37,39). The molecule has 1 saturated heterocycles. The van der Waals surface area contributed by atoms with Crippen LogP contribution < -0.4 is 10.1 Å². The highest BCUT2D eigenvalue weighted by Crippen LogP contribution is 2.44. The summed E-state index contributed by atoms with van der Waals surface area (Å²) in [5.41, 5.74) is -1.32. The summed E-state index contributed by atoms with van der Waals surface area (Å²) in [5, 5.41) is 11.2. The highest BCUT2D eigenvalue weighted by molar-refractivity contribution is 7.92. The first-order chi connectivity index (χ1) is 20.7. The number of hydrogen-bond donors (Lipinski definition) is 1. The number of rotatable bonds is 8. The normalized spacial score (nSPS) is 22.6. The topological polar surface area (TPSA) is 117 Å². The molecule has 2 amide bonds. The Balaban J connectivity index is 1.48. The van der Waals surface area contributed by atoms with Gasteiger partial charge >= 0.3 is 6.18 Å². The number of benzene rings is 2. The van der Waals surface area contributed by atoms with Crippen LogP contribution in [-0.4, -0.2) is 61.3 Å². The van der Waals surface area contributed by atoms with E-state index in [1.54, 1.807) is 24.3 Å². The third-order valence-electron chi connectivity index (χ3n) is 8.72. The van der Waals surface area contributed by atoms with Crippen LogP contribution >= 0.6 is 23.2 Å². The van der Waals surface area contributed by atoms with E-state index in [1.807, 2.05) is 0 Å². The minimum atomic E-state index is -4.60. The predicted octanol–water partition coefficient (Wildman–Crippen LogP) is 5.75. The molecule has 0 radical (unpaired) electrons. The van der Waals surface area contributed by atoms with Crippen molar-refractivity contribution in [2.75, 3.05) is 13.2 Å². The zero-order chi connectivity index (χ0) is 31.9. The lowest BCUT2D eigenvalue weighted by Crippen LogP contribution is -2.55. The van der Waals surface area contributed by atoms with Crippen LogP contribution in [0.3, 0.4) is 0 Å². The van der Waals surface area contributed by atoms with Crippen molar-refractivity contribution in [1.29, 1.82) is 5.26 Å². The number of carbonyl (C=O) groups is 2. The van der Waals surface area contributed by atoms with Crippen LogP contribution in [0, 0.1) is 11.3 Å². The first kappa shape index (κ1) is 32.4. The number of sulfone groups is 1. The zero-order valence-electron chi connectivity index (χ0n) is 23.5. The van der Waals surface area contributed by atoms with Crippen molar-refractivity contribution < 1.29 is 35.9 Å². The Bertz CT molecular complexity index is 1580. The fourth-order valence-corrected chi connectivity index (χ4v) is 8.54. The SMILES string of the molecule is N#CC1(NC(=O)C2CC(S(=O)(=O)c3ccc(OCC(F)(F)F)cc3Cl)CN2C(=O)C2(c3ccc(Cl)cc3)CCCCC2)CC1. The Morgan fingerprint density at radius 3 is 2.27 bits per heavy atom. The van der Waals surface area contributed by atoms with E-state index in [9.17, 15) is 36.4 Å². The maximum atomic E-state index is 14.6. The molecule has 0 aromatic heterocycles. The molecule has 5 rings (SSSR count). The van der Waals surface area contributed by atoms with Gasteiger partial charge in [-0.05, 0) is 61.9 Å². The van der Waals surface area contributed by atoms with Crippen LogP contribution in [0.4, 0.5) is 13.2 Å². The number of likely N-dealkylation sites (tertiary alicyclic amines) is 1. The van der Waals surface area contributed by atoms with Gasteiger partial charge in [0.1, 0.15) is 17.3 Å². The summed E-state index contributed by atoms with van der Waals surface area (Å²) >= 11 is 12.4. The van der Waals surface area contributed by atoms with Crippen molar-refractivity contribution in [3.05, 3.63) is 58.1 Å². The van der Waals surface area contributed by atoms with Gasteiger partial charge in [-0.15, -0.1) is 0 Å². The molecule has 2 unspecified atom stereocenters. The number of hydrogen-bond acceptors (Lipinski definition) is 6. The number of alkyl halides is 3. The Kier molecular flexibility index (Phi) is 8.88. The van der Waals surface area contributed by atoms with Gasteiger partial charge in [-0.2, -0.15) is 18.4 Å². The largest absolute Gasteiger partial charge is 0.484 e. The van der Waals surface area contributed by atoms with Crippen molar-refractivity contribution in [3.8, 4) is 11.8 Å². The molecule has 14 heteroatoms. The second-order valence-corrected chi connectivity index (χ2v) is 14.7. The molecule has 3 fully saturated rings. The molecule has 3 aliphatic rings. The number of nitrogens with zero attached hydrogens (tertiary/aromatic N) is 2. The third kappa shape index (κ3) is 6.51. The minimum absolute atomic E-state index is 0.249. The van der Waals surface area contributed by atoms with Crippen LogP contribution in [0.15, 0.2) is 47.4 Å². The monoisotopic (exact) mass is 671 g/mol. The number of nitrogens with one attached hydrogen (secondary N) is 1. The third-order valence-corrected chi connectivity index (χ3v) is 11.6. The first-order valence-corrected chi connectivity index (χ1v) is 16.5. The summed E-state index contributed by atoms with van der Waals surface area (Å²) in [6.07, 6.45) is -0.496. The molecule has 8 nitrogen and oxygen atoms in total. The number of ether oxygens (including phenoxy) is 1. The van der Waals surface area contributed by atoms with Gasteiger partial charge in [-0.3, -0.25) is 9.59 Å². The molecular weight excluding hydrogens is 642 g/mol. The smallest absolute Gasteiger partial charge is 0.422 e. The van der Waals surface area contributed by atoms with E-state index in [1.165, 1.54) is 4.90 Å². The van der Waals surface area contributed by atoms with Gasteiger partial charge in [0.05, 0.1) is 26.7 Å². The minimum Gasteiger partial charge on any atom is -0.484 e. The molecule has 2 atom stereocenters. The average molecular weight is 673 g/mol. The maximum Gasteiger partial charge on any atom is 0.422 e. The molecule has 0 bridgehead atoms. The van der Waals surface area contributed by atoms with Crippen LogP contribution in [-0.2, 0) is 24.8 Å². The van der Waals surface area contributed by atoms with E-state index in [4.69, 9.17) is 23.2 Å². The van der Waals surface area contributed by atoms with Crippen LogP contribution in [0.2, 0.25) is 10.0 Å². The lowest BCUT2D eigenvalue weighted by atomic mass is 9.68.